The summed E-state index contributed by atoms with van der Waals surface area (Å²) in [5.74, 6) is -0.686. The van der Waals surface area contributed by atoms with Crippen LogP contribution in [0.4, 0.5) is 5.69 Å². The third kappa shape index (κ3) is 4.38. The Bertz CT molecular complexity index is 1010. The zero-order chi connectivity index (χ0) is 21.1. The molecule has 1 atom stereocenters. The van der Waals surface area contributed by atoms with Gasteiger partial charge in [0.1, 0.15) is 21.9 Å². The molecule has 10 heteroatoms. The van der Waals surface area contributed by atoms with Crippen molar-refractivity contribution in [2.24, 2.45) is 0 Å². The van der Waals surface area contributed by atoms with Crippen molar-refractivity contribution in [3.63, 3.8) is 0 Å². The smallest absolute Gasteiger partial charge is 0.326 e. The number of nitro groups is 1. The van der Waals surface area contributed by atoms with E-state index in [0.29, 0.717) is 29.9 Å². The minimum absolute atomic E-state index is 0.0238. The number of amides is 1. The molecule has 1 unspecified atom stereocenters. The number of rotatable bonds is 7. The summed E-state index contributed by atoms with van der Waals surface area (Å²) in [5, 5.41) is 20.2. The molecule has 8 nitrogen and oxygen atoms in total. The van der Waals surface area contributed by atoms with Crippen LogP contribution in [0.3, 0.4) is 0 Å². The number of non-ortho nitro benzene ring substituents is 1. The fourth-order valence-corrected chi connectivity index (χ4v) is 4.18. The Kier molecular flexibility index (Phi) is 6.14. The molecule has 0 aliphatic carbocycles. The molecule has 0 bridgehead atoms. The number of nitrogens with zero attached hydrogens (tertiary/aromatic N) is 2. The van der Waals surface area contributed by atoms with E-state index in [1.807, 2.05) is 6.92 Å². The number of carbonyl (C=O) groups excluding carboxylic acids is 1. The Balaban J connectivity index is 1.82. The molecule has 2 aromatic rings. The summed E-state index contributed by atoms with van der Waals surface area (Å²) in [6.45, 7) is 1.84. The standard InChI is InChI=1S/C19H16N2O6S2/c1-2-3-14(18(23)24)20-17(22)16(29-19(20)28)10-13-8-9-15(27-13)11-4-6-12(7-5-11)21(25)26/h4-10,14H,2-3H2,1H3,(H,23,24)/b16-10+. The van der Waals surface area contributed by atoms with Crippen molar-refractivity contribution in [2.45, 2.75) is 25.8 Å². The lowest BCUT2D eigenvalue weighted by Gasteiger charge is -2.22. The van der Waals surface area contributed by atoms with Crippen LogP contribution in [0.25, 0.3) is 17.4 Å². The Labute approximate surface area is 175 Å². The van der Waals surface area contributed by atoms with Crippen LogP contribution in [0.1, 0.15) is 25.5 Å². The van der Waals surface area contributed by atoms with Gasteiger partial charge >= 0.3 is 5.97 Å². The fourth-order valence-electron chi connectivity index (χ4n) is 2.85. The maximum Gasteiger partial charge on any atom is 0.326 e. The van der Waals surface area contributed by atoms with Crippen LogP contribution in [0.15, 0.2) is 45.7 Å². The van der Waals surface area contributed by atoms with Crippen LogP contribution in [0, 0.1) is 10.1 Å². The molecule has 150 valence electrons. The minimum Gasteiger partial charge on any atom is -0.480 e. The summed E-state index contributed by atoms with van der Waals surface area (Å²) >= 11 is 6.24. The summed E-state index contributed by atoms with van der Waals surface area (Å²) in [4.78, 5) is 35.9. The molecule has 2 heterocycles. The second kappa shape index (κ2) is 8.58. The van der Waals surface area contributed by atoms with Gasteiger partial charge in [0.05, 0.1) is 9.83 Å². The van der Waals surface area contributed by atoms with Crippen molar-refractivity contribution >= 4 is 51.9 Å². The SMILES string of the molecule is CCCC(C(=O)O)N1C(=O)/C(=C\c2ccc(-c3ccc([N+](=O)[O-])cc3)o2)SC1=S. The van der Waals surface area contributed by atoms with Crippen molar-refractivity contribution in [3.8, 4) is 11.3 Å². The quantitative estimate of drug-likeness (QED) is 0.298. The highest BCUT2D eigenvalue weighted by atomic mass is 32.2. The largest absolute Gasteiger partial charge is 0.480 e. The lowest BCUT2D eigenvalue weighted by Crippen LogP contribution is -2.43. The average molecular weight is 432 g/mol. The lowest BCUT2D eigenvalue weighted by atomic mass is 10.1. The topological polar surface area (TPSA) is 114 Å². The van der Waals surface area contributed by atoms with Crippen molar-refractivity contribution in [1.29, 1.82) is 0 Å². The highest BCUT2D eigenvalue weighted by Gasteiger charge is 2.40. The van der Waals surface area contributed by atoms with Gasteiger partial charge in [-0.05, 0) is 30.7 Å². The molecule has 1 aromatic carbocycles. The van der Waals surface area contributed by atoms with Gasteiger partial charge in [-0.3, -0.25) is 19.8 Å². The van der Waals surface area contributed by atoms with Crippen molar-refractivity contribution in [2.75, 3.05) is 0 Å². The second-order valence-electron chi connectivity index (χ2n) is 6.20. The summed E-state index contributed by atoms with van der Waals surface area (Å²) in [6.07, 6.45) is 2.42. The first-order chi connectivity index (χ1) is 13.8. The molecule has 3 rings (SSSR count). The van der Waals surface area contributed by atoms with E-state index >= 15 is 0 Å². The predicted molar refractivity (Wildman–Crippen MR) is 112 cm³/mol. The minimum atomic E-state index is -1.09. The number of carbonyl (C=O) groups is 2. The van der Waals surface area contributed by atoms with Crippen LogP contribution >= 0.6 is 24.0 Å². The first-order valence-electron chi connectivity index (χ1n) is 8.66. The molecule has 29 heavy (non-hydrogen) atoms. The third-order valence-corrected chi connectivity index (χ3v) is 5.58. The van der Waals surface area contributed by atoms with Gasteiger partial charge in [0.25, 0.3) is 11.6 Å². The Morgan fingerprint density at radius 1 is 1.34 bits per heavy atom. The number of benzene rings is 1. The summed E-state index contributed by atoms with van der Waals surface area (Å²) in [5.41, 5.74) is 0.626. The molecule has 0 saturated carbocycles. The van der Waals surface area contributed by atoms with Gasteiger partial charge < -0.3 is 9.52 Å². The van der Waals surface area contributed by atoms with E-state index in [9.17, 15) is 24.8 Å². The van der Waals surface area contributed by atoms with Crippen LogP contribution in [-0.4, -0.2) is 37.2 Å². The number of nitro benzene ring substituents is 1. The average Bonchev–Trinajstić information content (AvgIpc) is 3.25. The van der Waals surface area contributed by atoms with Gasteiger partial charge in [0.15, 0.2) is 0 Å². The van der Waals surface area contributed by atoms with E-state index in [2.05, 4.69) is 0 Å². The number of thioether (sulfide) groups is 1. The molecule has 0 radical (unpaired) electrons. The maximum absolute atomic E-state index is 12.7. The summed E-state index contributed by atoms with van der Waals surface area (Å²) in [6, 6.07) is 8.25. The number of furan rings is 1. The van der Waals surface area contributed by atoms with E-state index in [1.54, 1.807) is 24.3 Å². The molecular weight excluding hydrogens is 416 g/mol. The van der Waals surface area contributed by atoms with E-state index in [-0.39, 0.29) is 14.9 Å². The molecule has 1 N–H and O–H groups in total. The second-order valence-corrected chi connectivity index (χ2v) is 7.88. The van der Waals surface area contributed by atoms with Gasteiger partial charge in [-0.1, -0.05) is 37.3 Å². The van der Waals surface area contributed by atoms with Gasteiger partial charge in [-0.15, -0.1) is 0 Å². The Morgan fingerprint density at radius 3 is 2.62 bits per heavy atom. The number of thiocarbonyl (C=S) groups is 1. The molecular formula is C19H16N2O6S2. The Morgan fingerprint density at radius 2 is 2.03 bits per heavy atom. The monoisotopic (exact) mass is 432 g/mol. The third-order valence-electron chi connectivity index (χ3n) is 4.25. The molecule has 1 aliphatic rings. The predicted octanol–water partition coefficient (Wildman–Crippen LogP) is 4.31. The van der Waals surface area contributed by atoms with E-state index in [4.69, 9.17) is 16.6 Å². The van der Waals surface area contributed by atoms with Gasteiger partial charge in [0.2, 0.25) is 0 Å². The zero-order valence-corrected chi connectivity index (χ0v) is 16.9. The normalized spacial score (nSPS) is 16.4. The summed E-state index contributed by atoms with van der Waals surface area (Å²) < 4.78 is 5.91. The van der Waals surface area contributed by atoms with Crippen LogP contribution in [0.5, 0.6) is 0 Å². The molecule has 1 amide bonds. The number of carboxylic acid groups (broad SMARTS) is 1. The number of carboxylic acids is 1. The molecule has 1 saturated heterocycles. The van der Waals surface area contributed by atoms with Gasteiger partial charge in [-0.25, -0.2) is 4.79 Å². The van der Waals surface area contributed by atoms with Crippen LogP contribution < -0.4 is 0 Å². The number of hydrogen-bond donors (Lipinski definition) is 1. The van der Waals surface area contributed by atoms with Crippen LogP contribution in [-0.2, 0) is 9.59 Å². The highest BCUT2D eigenvalue weighted by Crippen LogP contribution is 2.35. The van der Waals surface area contributed by atoms with Crippen molar-refractivity contribution < 1.29 is 24.0 Å². The first-order valence-corrected chi connectivity index (χ1v) is 9.88. The molecule has 1 aromatic heterocycles. The Hall–Kier alpha value is -2.98. The number of aliphatic carboxylic acids is 1. The van der Waals surface area contributed by atoms with Crippen molar-refractivity contribution in [3.05, 3.63) is 57.2 Å². The van der Waals surface area contributed by atoms with E-state index in [1.165, 1.54) is 18.2 Å². The number of hydrogen-bond acceptors (Lipinski definition) is 7. The first kappa shape index (κ1) is 20.7. The van der Waals surface area contributed by atoms with Gasteiger partial charge in [0, 0.05) is 23.8 Å². The molecule has 0 spiro atoms. The van der Waals surface area contributed by atoms with E-state index < -0.39 is 22.8 Å². The highest BCUT2D eigenvalue weighted by molar-refractivity contribution is 8.26. The van der Waals surface area contributed by atoms with Gasteiger partial charge in [-0.2, -0.15) is 0 Å². The zero-order valence-electron chi connectivity index (χ0n) is 15.2. The van der Waals surface area contributed by atoms with E-state index in [0.717, 1.165) is 16.7 Å². The lowest BCUT2D eigenvalue weighted by molar-refractivity contribution is -0.384. The maximum atomic E-state index is 12.7. The molecule has 1 fully saturated rings. The fraction of sp³-hybridized carbons (Fsp3) is 0.211. The summed E-state index contributed by atoms with van der Waals surface area (Å²) in [7, 11) is 0. The van der Waals surface area contributed by atoms with Crippen LogP contribution in [0.2, 0.25) is 0 Å². The molecule has 1 aliphatic heterocycles. The van der Waals surface area contributed by atoms with Crippen molar-refractivity contribution in [1.82, 2.24) is 4.90 Å².